The Morgan fingerprint density at radius 1 is 1.67 bits per heavy atom. The van der Waals surface area contributed by atoms with E-state index in [1.807, 2.05) is 6.92 Å². The number of pyridine rings is 1. The van der Waals surface area contributed by atoms with Gasteiger partial charge >= 0.3 is 5.97 Å². The van der Waals surface area contributed by atoms with Crippen molar-refractivity contribution in [2.75, 3.05) is 18.0 Å². The van der Waals surface area contributed by atoms with Crippen LogP contribution in [-0.4, -0.2) is 29.1 Å². The van der Waals surface area contributed by atoms with Crippen LogP contribution in [0.2, 0.25) is 0 Å². The van der Waals surface area contributed by atoms with Crippen molar-refractivity contribution in [3.8, 4) is 12.3 Å². The van der Waals surface area contributed by atoms with Crippen LogP contribution in [0.1, 0.15) is 28.8 Å². The number of anilines is 1. The first kappa shape index (κ1) is 12.4. The van der Waals surface area contributed by atoms with E-state index >= 15 is 0 Å². The summed E-state index contributed by atoms with van der Waals surface area (Å²) in [4.78, 5) is 17.2. The molecule has 1 aromatic heterocycles. The second-order valence-electron chi connectivity index (χ2n) is 4.70. The van der Waals surface area contributed by atoms with Crippen molar-refractivity contribution in [3.63, 3.8) is 0 Å². The minimum absolute atomic E-state index is 0.211. The van der Waals surface area contributed by atoms with Gasteiger partial charge < -0.3 is 10.0 Å². The molecule has 0 aromatic carbocycles. The highest BCUT2D eigenvalue weighted by Crippen LogP contribution is 2.31. The second kappa shape index (κ2) is 5.09. The molecule has 1 saturated carbocycles. The molecule has 18 heavy (non-hydrogen) atoms. The summed E-state index contributed by atoms with van der Waals surface area (Å²) in [5.74, 6) is 3.18. The van der Waals surface area contributed by atoms with Gasteiger partial charge in [-0.2, -0.15) is 0 Å². The van der Waals surface area contributed by atoms with Crippen LogP contribution < -0.4 is 4.90 Å². The molecule has 0 radical (unpaired) electrons. The normalized spacial score (nSPS) is 14.0. The van der Waals surface area contributed by atoms with E-state index in [1.165, 1.54) is 19.0 Å². The first-order chi connectivity index (χ1) is 8.61. The highest BCUT2D eigenvalue weighted by molar-refractivity contribution is 5.87. The Bertz CT molecular complexity index is 501. The molecule has 0 saturated heterocycles. The van der Waals surface area contributed by atoms with E-state index in [2.05, 4.69) is 15.8 Å². The van der Waals surface area contributed by atoms with Crippen LogP contribution in [0.15, 0.2) is 12.3 Å². The zero-order chi connectivity index (χ0) is 13.1. The van der Waals surface area contributed by atoms with Gasteiger partial charge in [0.05, 0.1) is 12.1 Å². The molecule has 0 atom stereocenters. The second-order valence-corrected chi connectivity index (χ2v) is 4.70. The minimum Gasteiger partial charge on any atom is -0.478 e. The van der Waals surface area contributed by atoms with Crippen molar-refractivity contribution >= 4 is 11.8 Å². The first-order valence-electron chi connectivity index (χ1n) is 6.00. The van der Waals surface area contributed by atoms with Gasteiger partial charge in [0.2, 0.25) is 0 Å². The van der Waals surface area contributed by atoms with Crippen LogP contribution in [0.3, 0.4) is 0 Å². The van der Waals surface area contributed by atoms with Crippen LogP contribution in [-0.2, 0) is 0 Å². The molecule has 2 rings (SSSR count). The predicted molar refractivity (Wildman–Crippen MR) is 69.7 cm³/mol. The van der Waals surface area contributed by atoms with Crippen LogP contribution in [0.5, 0.6) is 0 Å². The van der Waals surface area contributed by atoms with Crippen molar-refractivity contribution < 1.29 is 9.90 Å². The summed E-state index contributed by atoms with van der Waals surface area (Å²) in [5.41, 5.74) is 1.06. The molecule has 0 spiro atoms. The molecule has 0 aliphatic heterocycles. The highest BCUT2D eigenvalue weighted by Gasteiger charge is 2.25. The Kier molecular flexibility index (Phi) is 3.52. The van der Waals surface area contributed by atoms with Gasteiger partial charge in [-0.05, 0) is 37.3 Å². The predicted octanol–water partition coefficient (Wildman–Crippen LogP) is 1.94. The number of carboxylic acid groups (broad SMARTS) is 1. The number of carbonyl (C=O) groups is 1. The van der Waals surface area contributed by atoms with Crippen LogP contribution in [0.4, 0.5) is 5.82 Å². The molecule has 94 valence electrons. The third kappa shape index (κ3) is 2.80. The molecular weight excluding hydrogens is 228 g/mol. The Hall–Kier alpha value is -2.02. The minimum atomic E-state index is -0.956. The number of hydrogen-bond acceptors (Lipinski definition) is 3. The number of rotatable bonds is 5. The van der Waals surface area contributed by atoms with Gasteiger partial charge in [0.15, 0.2) is 0 Å². The van der Waals surface area contributed by atoms with Gasteiger partial charge in [0.1, 0.15) is 5.82 Å². The van der Waals surface area contributed by atoms with Crippen molar-refractivity contribution in [2.24, 2.45) is 5.92 Å². The fourth-order valence-corrected chi connectivity index (χ4v) is 1.96. The van der Waals surface area contributed by atoms with Gasteiger partial charge in [0, 0.05) is 12.7 Å². The van der Waals surface area contributed by atoms with E-state index in [1.54, 1.807) is 6.07 Å². The molecule has 1 fully saturated rings. The summed E-state index contributed by atoms with van der Waals surface area (Å²) in [5, 5.41) is 8.91. The summed E-state index contributed by atoms with van der Waals surface area (Å²) >= 11 is 0. The number of hydrogen-bond donors (Lipinski definition) is 1. The average molecular weight is 244 g/mol. The maximum absolute atomic E-state index is 10.9. The van der Waals surface area contributed by atoms with Gasteiger partial charge in [-0.25, -0.2) is 9.78 Å². The summed E-state index contributed by atoms with van der Waals surface area (Å²) in [6, 6.07) is 1.64. The molecule has 4 nitrogen and oxygen atoms in total. The molecule has 0 unspecified atom stereocenters. The summed E-state index contributed by atoms with van der Waals surface area (Å²) < 4.78 is 0. The molecule has 1 aromatic rings. The van der Waals surface area contributed by atoms with E-state index in [9.17, 15) is 4.79 Å². The Morgan fingerprint density at radius 2 is 2.39 bits per heavy atom. The van der Waals surface area contributed by atoms with Gasteiger partial charge in [-0.15, -0.1) is 6.42 Å². The van der Waals surface area contributed by atoms with Crippen LogP contribution in [0.25, 0.3) is 0 Å². The van der Waals surface area contributed by atoms with E-state index in [0.717, 1.165) is 17.9 Å². The van der Waals surface area contributed by atoms with Crippen molar-refractivity contribution in [1.29, 1.82) is 0 Å². The lowest BCUT2D eigenvalue weighted by Crippen LogP contribution is -2.27. The quantitative estimate of drug-likeness (QED) is 0.804. The van der Waals surface area contributed by atoms with Crippen molar-refractivity contribution in [2.45, 2.75) is 19.8 Å². The standard InChI is InChI=1S/C14H16N2O2/c1-3-6-16(9-11-4-5-11)13-10(2)7-12(8-15-13)14(17)18/h1,7-8,11H,4-6,9H2,2H3,(H,17,18). The smallest absolute Gasteiger partial charge is 0.337 e. The largest absolute Gasteiger partial charge is 0.478 e. The van der Waals surface area contributed by atoms with Gasteiger partial charge in [0.25, 0.3) is 0 Å². The molecule has 1 heterocycles. The van der Waals surface area contributed by atoms with Gasteiger partial charge in [-0.1, -0.05) is 5.92 Å². The molecule has 0 bridgehead atoms. The third-order valence-corrected chi connectivity index (χ3v) is 3.05. The molecule has 4 heteroatoms. The number of aromatic carboxylic acids is 1. The number of terminal acetylenes is 1. The fraction of sp³-hybridized carbons (Fsp3) is 0.429. The Balaban J connectivity index is 2.23. The number of aromatic nitrogens is 1. The van der Waals surface area contributed by atoms with Crippen molar-refractivity contribution in [3.05, 3.63) is 23.4 Å². The van der Waals surface area contributed by atoms with E-state index in [4.69, 9.17) is 11.5 Å². The lowest BCUT2D eigenvalue weighted by molar-refractivity contribution is 0.0696. The first-order valence-corrected chi connectivity index (χ1v) is 6.00. The summed E-state index contributed by atoms with van der Waals surface area (Å²) in [6.07, 6.45) is 9.25. The Morgan fingerprint density at radius 3 is 2.89 bits per heavy atom. The van der Waals surface area contributed by atoms with Crippen LogP contribution in [0, 0.1) is 25.2 Å². The fourth-order valence-electron chi connectivity index (χ4n) is 1.96. The lowest BCUT2D eigenvalue weighted by atomic mass is 10.2. The SMILES string of the molecule is C#CCN(CC1CC1)c1ncc(C(=O)O)cc1C. The summed E-state index contributed by atoms with van der Waals surface area (Å²) in [7, 11) is 0. The lowest BCUT2D eigenvalue weighted by Gasteiger charge is -2.23. The van der Waals surface area contributed by atoms with Gasteiger partial charge in [-0.3, -0.25) is 0 Å². The van der Waals surface area contributed by atoms with Crippen LogP contribution >= 0.6 is 0 Å². The molecule has 1 N–H and O–H groups in total. The topological polar surface area (TPSA) is 53.4 Å². The maximum Gasteiger partial charge on any atom is 0.337 e. The molecular formula is C14H16N2O2. The third-order valence-electron chi connectivity index (χ3n) is 3.05. The zero-order valence-corrected chi connectivity index (χ0v) is 10.4. The molecule has 1 aliphatic carbocycles. The van der Waals surface area contributed by atoms with Crippen molar-refractivity contribution in [1.82, 2.24) is 4.98 Å². The van der Waals surface area contributed by atoms with E-state index in [0.29, 0.717) is 12.5 Å². The molecule has 1 aliphatic rings. The number of nitrogens with zero attached hydrogens (tertiary/aromatic N) is 2. The Labute approximate surface area is 107 Å². The van der Waals surface area contributed by atoms with E-state index in [-0.39, 0.29) is 5.56 Å². The number of carboxylic acids is 1. The monoisotopic (exact) mass is 244 g/mol. The highest BCUT2D eigenvalue weighted by atomic mass is 16.4. The van der Waals surface area contributed by atoms with E-state index < -0.39 is 5.97 Å². The number of aryl methyl sites for hydroxylation is 1. The average Bonchev–Trinajstić information content (AvgIpc) is 3.12. The zero-order valence-electron chi connectivity index (χ0n) is 10.4. The maximum atomic E-state index is 10.9. The molecule has 0 amide bonds. The summed E-state index contributed by atoms with van der Waals surface area (Å²) in [6.45, 7) is 3.28.